The summed E-state index contributed by atoms with van der Waals surface area (Å²) in [5.41, 5.74) is 0.899. The molecule has 7 heteroatoms. The van der Waals surface area contributed by atoms with Crippen LogP contribution in [0.5, 0.6) is 0 Å². The zero-order chi connectivity index (χ0) is 18.9. The fourth-order valence-corrected chi connectivity index (χ4v) is 2.85. The lowest BCUT2D eigenvalue weighted by Gasteiger charge is -2.28. The highest BCUT2D eigenvalue weighted by Gasteiger charge is 2.22. The van der Waals surface area contributed by atoms with Gasteiger partial charge in [0.05, 0.1) is 17.9 Å². The van der Waals surface area contributed by atoms with Crippen molar-refractivity contribution in [3.8, 4) is 0 Å². The molecular formula is C19H25N3O4. The number of carboxylic acid groups (broad SMARTS) is 1. The molecule has 1 amide bonds. The molecule has 0 radical (unpaired) electrons. The number of hydrogen-bond donors (Lipinski definition) is 3. The minimum atomic E-state index is -0.986. The standard InChI is InChI=1S/C19H25N3O4/c1-3-22(4-2)16(17-10-7-11-26-17)12-21-19(25)14-8-5-6-9-15(14)20-13-18(23)24/h5-11,16,20H,3-4,12-13H2,1-2H3,(H,21,25)(H,23,24). The summed E-state index contributed by atoms with van der Waals surface area (Å²) in [6.07, 6.45) is 1.62. The number of amides is 1. The second kappa shape index (κ2) is 9.62. The molecule has 140 valence electrons. The number of benzene rings is 1. The van der Waals surface area contributed by atoms with E-state index in [-0.39, 0.29) is 18.5 Å². The van der Waals surface area contributed by atoms with E-state index in [4.69, 9.17) is 9.52 Å². The molecule has 26 heavy (non-hydrogen) atoms. The lowest BCUT2D eigenvalue weighted by atomic mass is 10.1. The number of likely N-dealkylation sites (N-methyl/N-ethyl adjacent to an activating group) is 1. The number of para-hydroxylation sites is 1. The highest BCUT2D eigenvalue weighted by molar-refractivity contribution is 5.99. The molecule has 1 aromatic heterocycles. The zero-order valence-electron chi connectivity index (χ0n) is 15.1. The first-order chi connectivity index (χ1) is 12.6. The van der Waals surface area contributed by atoms with Crippen LogP contribution in [0, 0.1) is 0 Å². The summed E-state index contributed by atoms with van der Waals surface area (Å²) in [6.45, 7) is 5.92. The van der Waals surface area contributed by atoms with Crippen LogP contribution in [0.1, 0.15) is 36.0 Å². The molecule has 2 aromatic rings. The maximum Gasteiger partial charge on any atom is 0.322 e. The monoisotopic (exact) mass is 359 g/mol. The highest BCUT2D eigenvalue weighted by Crippen LogP contribution is 2.21. The van der Waals surface area contributed by atoms with Gasteiger partial charge in [0.2, 0.25) is 0 Å². The van der Waals surface area contributed by atoms with Gasteiger partial charge >= 0.3 is 5.97 Å². The number of aliphatic carboxylic acids is 1. The second-order valence-corrected chi connectivity index (χ2v) is 5.76. The summed E-state index contributed by atoms with van der Waals surface area (Å²) < 4.78 is 5.54. The molecule has 1 unspecified atom stereocenters. The van der Waals surface area contributed by atoms with Crippen LogP contribution in [-0.2, 0) is 4.79 Å². The molecule has 1 aromatic carbocycles. The predicted octanol–water partition coefficient (Wildman–Crippen LogP) is 2.59. The molecule has 3 N–H and O–H groups in total. The summed E-state index contributed by atoms with van der Waals surface area (Å²) in [6, 6.07) is 10.5. The summed E-state index contributed by atoms with van der Waals surface area (Å²) in [7, 11) is 0. The summed E-state index contributed by atoms with van der Waals surface area (Å²) in [5.74, 6) is -0.451. The Bertz CT molecular complexity index is 711. The molecule has 0 saturated heterocycles. The van der Waals surface area contributed by atoms with Gasteiger partial charge in [-0.3, -0.25) is 14.5 Å². The van der Waals surface area contributed by atoms with Crippen LogP contribution in [-0.4, -0.2) is 48.1 Å². The van der Waals surface area contributed by atoms with Crippen molar-refractivity contribution < 1.29 is 19.1 Å². The number of carbonyl (C=O) groups is 2. The van der Waals surface area contributed by atoms with Crippen molar-refractivity contribution in [3.05, 3.63) is 54.0 Å². The Balaban J connectivity index is 2.10. The Morgan fingerprint density at radius 2 is 1.88 bits per heavy atom. The first-order valence-corrected chi connectivity index (χ1v) is 8.67. The number of anilines is 1. The van der Waals surface area contributed by atoms with Crippen molar-refractivity contribution in [2.75, 3.05) is 31.5 Å². The van der Waals surface area contributed by atoms with Crippen molar-refractivity contribution in [1.82, 2.24) is 10.2 Å². The van der Waals surface area contributed by atoms with E-state index in [1.807, 2.05) is 12.1 Å². The Morgan fingerprint density at radius 1 is 1.15 bits per heavy atom. The van der Waals surface area contributed by atoms with Gasteiger partial charge in [0.25, 0.3) is 5.91 Å². The molecule has 0 spiro atoms. The van der Waals surface area contributed by atoms with Gasteiger partial charge in [-0.25, -0.2) is 0 Å². The molecular weight excluding hydrogens is 334 g/mol. The largest absolute Gasteiger partial charge is 0.480 e. The van der Waals surface area contributed by atoms with Crippen molar-refractivity contribution in [2.24, 2.45) is 0 Å². The van der Waals surface area contributed by atoms with Crippen LogP contribution >= 0.6 is 0 Å². The predicted molar refractivity (Wildman–Crippen MR) is 99.3 cm³/mol. The van der Waals surface area contributed by atoms with Gasteiger partial charge in [-0.2, -0.15) is 0 Å². The average molecular weight is 359 g/mol. The minimum absolute atomic E-state index is 0.0666. The highest BCUT2D eigenvalue weighted by atomic mass is 16.4. The van der Waals surface area contributed by atoms with E-state index in [0.717, 1.165) is 18.8 Å². The molecule has 0 aliphatic heterocycles. The maximum absolute atomic E-state index is 12.6. The molecule has 2 rings (SSSR count). The lowest BCUT2D eigenvalue weighted by Crippen LogP contribution is -2.38. The van der Waals surface area contributed by atoms with Gasteiger partial charge in [-0.05, 0) is 37.4 Å². The van der Waals surface area contributed by atoms with Gasteiger partial charge in [-0.1, -0.05) is 26.0 Å². The number of furan rings is 1. The van der Waals surface area contributed by atoms with Gasteiger partial charge < -0.3 is 20.2 Å². The van der Waals surface area contributed by atoms with E-state index in [1.54, 1.807) is 30.5 Å². The molecule has 0 saturated carbocycles. The van der Waals surface area contributed by atoms with E-state index >= 15 is 0 Å². The van der Waals surface area contributed by atoms with Crippen LogP contribution < -0.4 is 10.6 Å². The van der Waals surface area contributed by atoms with Crippen LogP contribution in [0.3, 0.4) is 0 Å². The SMILES string of the molecule is CCN(CC)C(CNC(=O)c1ccccc1NCC(=O)O)c1ccco1. The molecule has 1 atom stereocenters. The molecule has 7 nitrogen and oxygen atoms in total. The smallest absolute Gasteiger partial charge is 0.322 e. The first-order valence-electron chi connectivity index (χ1n) is 8.67. The Labute approximate surface area is 153 Å². The molecule has 0 bridgehead atoms. The molecule has 0 aliphatic carbocycles. The number of rotatable bonds is 10. The van der Waals surface area contributed by atoms with Crippen molar-refractivity contribution in [1.29, 1.82) is 0 Å². The third kappa shape index (κ3) is 5.10. The van der Waals surface area contributed by atoms with Gasteiger partial charge in [0.15, 0.2) is 0 Å². The number of nitrogens with one attached hydrogen (secondary N) is 2. The first kappa shape index (κ1) is 19.5. The van der Waals surface area contributed by atoms with Crippen molar-refractivity contribution in [2.45, 2.75) is 19.9 Å². The van der Waals surface area contributed by atoms with Crippen LogP contribution in [0.4, 0.5) is 5.69 Å². The van der Waals surface area contributed by atoms with E-state index in [0.29, 0.717) is 17.8 Å². The summed E-state index contributed by atoms with van der Waals surface area (Å²) in [4.78, 5) is 25.6. The maximum atomic E-state index is 12.6. The van der Waals surface area contributed by atoms with Gasteiger partial charge in [-0.15, -0.1) is 0 Å². The number of carbonyl (C=O) groups excluding carboxylic acids is 1. The van der Waals surface area contributed by atoms with Crippen molar-refractivity contribution in [3.63, 3.8) is 0 Å². The number of carboxylic acids is 1. The summed E-state index contributed by atoms with van der Waals surface area (Å²) in [5, 5.41) is 14.5. The molecule has 0 aliphatic rings. The van der Waals surface area contributed by atoms with Gasteiger partial charge in [0.1, 0.15) is 12.3 Å². The number of nitrogens with zero attached hydrogens (tertiary/aromatic N) is 1. The quantitative estimate of drug-likeness (QED) is 0.604. The van der Waals surface area contributed by atoms with E-state index in [9.17, 15) is 9.59 Å². The van der Waals surface area contributed by atoms with Crippen LogP contribution in [0.2, 0.25) is 0 Å². The topological polar surface area (TPSA) is 94.8 Å². The number of hydrogen-bond acceptors (Lipinski definition) is 5. The Hall–Kier alpha value is -2.80. The van der Waals surface area contributed by atoms with E-state index in [2.05, 4.69) is 29.4 Å². The van der Waals surface area contributed by atoms with Crippen molar-refractivity contribution >= 4 is 17.6 Å². The fraction of sp³-hybridized carbons (Fsp3) is 0.368. The van der Waals surface area contributed by atoms with E-state index in [1.165, 1.54) is 0 Å². The Kier molecular flexibility index (Phi) is 7.23. The third-order valence-electron chi connectivity index (χ3n) is 4.18. The Morgan fingerprint density at radius 3 is 2.50 bits per heavy atom. The zero-order valence-corrected chi connectivity index (χ0v) is 15.1. The fourth-order valence-electron chi connectivity index (χ4n) is 2.85. The third-order valence-corrected chi connectivity index (χ3v) is 4.18. The van der Waals surface area contributed by atoms with Crippen LogP contribution in [0.25, 0.3) is 0 Å². The summed E-state index contributed by atoms with van der Waals surface area (Å²) >= 11 is 0. The minimum Gasteiger partial charge on any atom is -0.480 e. The van der Waals surface area contributed by atoms with E-state index < -0.39 is 5.97 Å². The average Bonchev–Trinajstić information content (AvgIpc) is 3.17. The molecule has 0 fully saturated rings. The normalized spacial score (nSPS) is 12.0. The molecule has 1 heterocycles. The lowest BCUT2D eigenvalue weighted by molar-refractivity contribution is -0.134. The van der Waals surface area contributed by atoms with Crippen LogP contribution in [0.15, 0.2) is 47.1 Å². The van der Waals surface area contributed by atoms with Gasteiger partial charge in [0, 0.05) is 12.2 Å². The second-order valence-electron chi connectivity index (χ2n) is 5.76.